The molecule has 9 heteroatoms. The highest BCUT2D eigenvalue weighted by atomic mass is 19.3. The number of fused-ring (bicyclic) bond motifs is 2. The number of alkyl halides is 2. The molecule has 4 rings (SSSR count). The molecule has 2 heterocycles. The van der Waals surface area contributed by atoms with Crippen LogP contribution in [-0.4, -0.2) is 36.4 Å². The van der Waals surface area contributed by atoms with Crippen molar-refractivity contribution in [2.45, 2.75) is 45.3 Å². The van der Waals surface area contributed by atoms with Crippen molar-refractivity contribution in [3.05, 3.63) is 34.7 Å². The van der Waals surface area contributed by atoms with Crippen LogP contribution in [0.15, 0.2) is 16.7 Å². The van der Waals surface area contributed by atoms with E-state index < -0.39 is 6.61 Å². The van der Waals surface area contributed by atoms with Gasteiger partial charge in [-0.25, -0.2) is 0 Å². The zero-order chi connectivity index (χ0) is 19.7. The molecule has 2 aliphatic rings. The van der Waals surface area contributed by atoms with E-state index in [1.165, 1.54) is 11.0 Å². The molecule has 1 aromatic carbocycles. The number of ether oxygens (including phenoxy) is 3. The van der Waals surface area contributed by atoms with Crippen molar-refractivity contribution in [3.8, 4) is 17.2 Å². The molecule has 0 saturated heterocycles. The van der Waals surface area contributed by atoms with Crippen LogP contribution in [-0.2, 0) is 19.4 Å². The third-order valence-electron chi connectivity index (χ3n) is 4.93. The molecule has 150 valence electrons. The summed E-state index contributed by atoms with van der Waals surface area (Å²) >= 11 is 0. The molecule has 1 aromatic heterocycles. The molecular formula is C19H20F2N2O5. The van der Waals surface area contributed by atoms with E-state index in [9.17, 15) is 13.6 Å². The Bertz CT molecular complexity index is 883. The van der Waals surface area contributed by atoms with E-state index in [0.717, 1.165) is 43.4 Å². The maximum Gasteiger partial charge on any atom is 0.387 e. The molecule has 0 unspecified atom stereocenters. The van der Waals surface area contributed by atoms with E-state index >= 15 is 0 Å². The van der Waals surface area contributed by atoms with Crippen LogP contribution in [0.1, 0.15) is 46.6 Å². The van der Waals surface area contributed by atoms with Gasteiger partial charge in [0.15, 0.2) is 17.2 Å². The molecule has 0 spiro atoms. The lowest BCUT2D eigenvalue weighted by Gasteiger charge is -2.19. The first kappa shape index (κ1) is 18.5. The van der Waals surface area contributed by atoms with Crippen LogP contribution in [0.3, 0.4) is 0 Å². The quantitative estimate of drug-likeness (QED) is 0.722. The Labute approximate surface area is 160 Å². The van der Waals surface area contributed by atoms with Gasteiger partial charge in [0.2, 0.25) is 6.79 Å². The van der Waals surface area contributed by atoms with E-state index in [2.05, 4.69) is 9.89 Å². The van der Waals surface area contributed by atoms with Crippen LogP contribution in [0.25, 0.3) is 0 Å². The first-order chi connectivity index (χ1) is 13.5. The van der Waals surface area contributed by atoms with Gasteiger partial charge in [-0.1, -0.05) is 11.6 Å². The summed E-state index contributed by atoms with van der Waals surface area (Å²) in [4.78, 5) is 14.3. The van der Waals surface area contributed by atoms with Crippen molar-refractivity contribution in [2.24, 2.45) is 0 Å². The minimum atomic E-state index is -2.99. The number of halogens is 2. The van der Waals surface area contributed by atoms with Crippen molar-refractivity contribution >= 4 is 5.91 Å². The Kier molecular flexibility index (Phi) is 5.06. The molecule has 0 saturated carbocycles. The smallest absolute Gasteiger partial charge is 0.387 e. The number of rotatable bonds is 5. The maximum atomic E-state index is 12.9. The second-order valence-corrected chi connectivity index (χ2v) is 6.85. The third kappa shape index (κ3) is 3.61. The van der Waals surface area contributed by atoms with Crippen LogP contribution in [0.4, 0.5) is 8.78 Å². The predicted molar refractivity (Wildman–Crippen MR) is 92.8 cm³/mol. The number of carbonyl (C=O) groups is 1. The number of hydrogen-bond acceptors (Lipinski definition) is 6. The van der Waals surface area contributed by atoms with E-state index in [4.69, 9.17) is 14.0 Å². The molecule has 1 amide bonds. The van der Waals surface area contributed by atoms with Gasteiger partial charge in [0.25, 0.3) is 5.91 Å². The van der Waals surface area contributed by atoms with Gasteiger partial charge in [-0.05, 0) is 25.3 Å². The molecule has 1 aliphatic heterocycles. The molecule has 2 aromatic rings. The highest BCUT2D eigenvalue weighted by Crippen LogP contribution is 2.39. The van der Waals surface area contributed by atoms with Crippen LogP contribution in [0, 0.1) is 0 Å². The highest BCUT2D eigenvalue weighted by molar-refractivity contribution is 5.93. The summed E-state index contributed by atoms with van der Waals surface area (Å²) in [5.41, 5.74) is 1.52. The van der Waals surface area contributed by atoms with Gasteiger partial charge in [0, 0.05) is 37.2 Å². The average molecular weight is 394 g/mol. The topological polar surface area (TPSA) is 74.0 Å². The summed E-state index contributed by atoms with van der Waals surface area (Å²) in [7, 11) is 1.58. The van der Waals surface area contributed by atoms with Crippen LogP contribution in [0.5, 0.6) is 17.2 Å². The Hall–Kier alpha value is -2.84. The lowest BCUT2D eigenvalue weighted by atomic mass is 10.1. The minimum absolute atomic E-state index is 0.00670. The highest BCUT2D eigenvalue weighted by Gasteiger charge is 2.27. The summed E-state index contributed by atoms with van der Waals surface area (Å²) in [6, 6.07) is 2.90. The molecule has 0 fully saturated rings. The Morgan fingerprint density at radius 3 is 2.75 bits per heavy atom. The van der Waals surface area contributed by atoms with Gasteiger partial charge in [-0.2, -0.15) is 8.78 Å². The van der Waals surface area contributed by atoms with Crippen molar-refractivity contribution in [2.75, 3.05) is 13.8 Å². The van der Waals surface area contributed by atoms with Crippen molar-refractivity contribution in [3.63, 3.8) is 0 Å². The first-order valence-electron chi connectivity index (χ1n) is 9.13. The van der Waals surface area contributed by atoms with Gasteiger partial charge in [0.1, 0.15) is 11.5 Å². The third-order valence-corrected chi connectivity index (χ3v) is 4.93. The molecular weight excluding hydrogens is 374 g/mol. The lowest BCUT2D eigenvalue weighted by molar-refractivity contribution is -0.0507. The number of aromatic nitrogens is 1. The summed E-state index contributed by atoms with van der Waals surface area (Å²) in [5.74, 6) is 1.13. The van der Waals surface area contributed by atoms with Crippen LogP contribution < -0.4 is 14.2 Å². The number of hydrogen-bond donors (Lipinski definition) is 0. The molecule has 0 atom stereocenters. The summed E-state index contributed by atoms with van der Waals surface area (Å²) in [5, 5.41) is 3.97. The van der Waals surface area contributed by atoms with Crippen LogP contribution in [0.2, 0.25) is 0 Å². The summed E-state index contributed by atoms with van der Waals surface area (Å²) in [6.45, 7) is -2.95. The monoisotopic (exact) mass is 394 g/mol. The zero-order valence-corrected chi connectivity index (χ0v) is 15.4. The predicted octanol–water partition coefficient (Wildman–Crippen LogP) is 3.55. The largest absolute Gasteiger partial charge is 0.454 e. The molecule has 7 nitrogen and oxygen atoms in total. The Morgan fingerprint density at radius 1 is 1.21 bits per heavy atom. The van der Waals surface area contributed by atoms with Gasteiger partial charge in [-0.15, -0.1) is 0 Å². The van der Waals surface area contributed by atoms with Gasteiger partial charge >= 0.3 is 6.61 Å². The van der Waals surface area contributed by atoms with E-state index in [0.29, 0.717) is 17.1 Å². The number of amides is 1. The lowest BCUT2D eigenvalue weighted by Crippen LogP contribution is -2.27. The molecule has 0 bridgehead atoms. The van der Waals surface area contributed by atoms with Gasteiger partial charge in [-0.3, -0.25) is 4.79 Å². The number of aryl methyl sites for hydroxylation is 1. The van der Waals surface area contributed by atoms with Gasteiger partial charge < -0.3 is 23.6 Å². The van der Waals surface area contributed by atoms with Crippen LogP contribution >= 0.6 is 0 Å². The zero-order valence-electron chi connectivity index (χ0n) is 15.4. The fraction of sp³-hybridized carbons (Fsp3) is 0.474. The molecule has 1 aliphatic carbocycles. The fourth-order valence-corrected chi connectivity index (χ4v) is 3.53. The minimum Gasteiger partial charge on any atom is -0.454 e. The number of carbonyl (C=O) groups excluding carboxylic acids is 1. The standard InChI is InChI=1S/C19H20F2N2O5/c1-23(18(24)17-12-5-3-2-4-6-13(12)28-22-17)9-11-7-15-16(26-10-25-15)8-14(11)27-19(20)21/h7-8,19H,2-6,9-10H2,1H3. The Morgan fingerprint density at radius 2 is 1.96 bits per heavy atom. The number of nitrogens with zero attached hydrogens (tertiary/aromatic N) is 2. The maximum absolute atomic E-state index is 12.9. The molecule has 0 N–H and O–H groups in total. The SMILES string of the molecule is CN(Cc1cc2c(cc1OC(F)F)OCO2)C(=O)c1noc2c1CCCCC2. The van der Waals surface area contributed by atoms with Crippen molar-refractivity contribution in [1.29, 1.82) is 0 Å². The average Bonchev–Trinajstić information content (AvgIpc) is 3.20. The first-order valence-corrected chi connectivity index (χ1v) is 9.13. The Balaban J connectivity index is 1.57. The second kappa shape index (κ2) is 7.65. The van der Waals surface area contributed by atoms with Crippen molar-refractivity contribution in [1.82, 2.24) is 10.1 Å². The van der Waals surface area contributed by atoms with E-state index in [1.807, 2.05) is 0 Å². The number of benzene rings is 1. The molecule has 0 radical (unpaired) electrons. The van der Waals surface area contributed by atoms with Gasteiger partial charge in [0.05, 0.1) is 0 Å². The second-order valence-electron chi connectivity index (χ2n) is 6.85. The molecule has 28 heavy (non-hydrogen) atoms. The van der Waals surface area contributed by atoms with Crippen molar-refractivity contribution < 1.29 is 32.3 Å². The normalized spacial score (nSPS) is 15.3. The fourth-order valence-electron chi connectivity index (χ4n) is 3.53. The summed E-state index contributed by atoms with van der Waals surface area (Å²) in [6.07, 6.45) is 4.59. The van der Waals surface area contributed by atoms with E-state index in [-0.39, 0.29) is 30.7 Å². The van der Waals surface area contributed by atoms with E-state index in [1.54, 1.807) is 13.1 Å². The summed E-state index contributed by atoms with van der Waals surface area (Å²) < 4.78 is 46.1.